The van der Waals surface area contributed by atoms with Crippen molar-refractivity contribution in [1.82, 2.24) is 5.32 Å². The maximum Gasteiger partial charge on any atom is 0.124 e. The maximum absolute atomic E-state index is 13.1. The monoisotopic (exact) mass is 307 g/mol. The van der Waals surface area contributed by atoms with Crippen molar-refractivity contribution >= 4 is 11.6 Å². The van der Waals surface area contributed by atoms with Gasteiger partial charge in [0.1, 0.15) is 5.82 Å². The molecule has 0 radical (unpaired) electrons. The molecule has 2 nitrogen and oxygen atoms in total. The molecule has 0 bridgehead atoms. The fourth-order valence-corrected chi connectivity index (χ4v) is 2.74. The van der Waals surface area contributed by atoms with E-state index in [0.717, 1.165) is 11.1 Å². The zero-order valence-corrected chi connectivity index (χ0v) is 12.6. The molecule has 0 heterocycles. The Morgan fingerprint density at radius 3 is 2.52 bits per heavy atom. The summed E-state index contributed by atoms with van der Waals surface area (Å²) < 4.78 is 13.1. The van der Waals surface area contributed by atoms with Gasteiger partial charge in [0.2, 0.25) is 0 Å². The van der Waals surface area contributed by atoms with Gasteiger partial charge in [-0.2, -0.15) is 0 Å². The van der Waals surface area contributed by atoms with Gasteiger partial charge in [0, 0.05) is 23.7 Å². The fourth-order valence-electron chi connectivity index (χ4n) is 2.40. The Labute approximate surface area is 129 Å². The largest absolute Gasteiger partial charge is 0.396 e. The second-order valence-electron chi connectivity index (χ2n) is 5.03. The standard InChI is InChI=1S/C17H19ClFNO/c1-12(15-8-7-14(19)11-16(15)18)20-17(9-10-21)13-5-3-2-4-6-13/h2-8,11-12,17,20-21H,9-10H2,1H3/t12?,17-/m1/s1. The first-order valence-electron chi connectivity index (χ1n) is 6.98. The van der Waals surface area contributed by atoms with Crippen molar-refractivity contribution in [3.63, 3.8) is 0 Å². The van der Waals surface area contributed by atoms with E-state index >= 15 is 0 Å². The Kier molecular flexibility index (Phi) is 5.74. The van der Waals surface area contributed by atoms with Crippen molar-refractivity contribution < 1.29 is 9.50 Å². The molecule has 0 saturated heterocycles. The lowest BCUT2D eigenvalue weighted by Gasteiger charge is -2.24. The van der Waals surface area contributed by atoms with Gasteiger partial charge in [-0.25, -0.2) is 4.39 Å². The van der Waals surface area contributed by atoms with Gasteiger partial charge in [0.15, 0.2) is 0 Å². The van der Waals surface area contributed by atoms with Gasteiger partial charge < -0.3 is 10.4 Å². The molecule has 0 aliphatic carbocycles. The summed E-state index contributed by atoms with van der Waals surface area (Å²) in [5.41, 5.74) is 1.95. The third-order valence-corrected chi connectivity index (χ3v) is 3.83. The van der Waals surface area contributed by atoms with Crippen molar-refractivity contribution in [2.45, 2.75) is 25.4 Å². The van der Waals surface area contributed by atoms with Crippen LogP contribution in [-0.4, -0.2) is 11.7 Å². The molecule has 4 heteroatoms. The number of benzene rings is 2. The van der Waals surface area contributed by atoms with E-state index in [2.05, 4.69) is 5.32 Å². The summed E-state index contributed by atoms with van der Waals surface area (Å²) in [6, 6.07) is 14.3. The van der Waals surface area contributed by atoms with Crippen LogP contribution in [0, 0.1) is 5.82 Å². The van der Waals surface area contributed by atoms with Gasteiger partial charge in [-0.3, -0.25) is 0 Å². The molecule has 2 aromatic rings. The minimum absolute atomic E-state index is 0.0207. The zero-order valence-electron chi connectivity index (χ0n) is 11.9. The summed E-state index contributed by atoms with van der Waals surface area (Å²) in [6.07, 6.45) is 0.604. The summed E-state index contributed by atoms with van der Waals surface area (Å²) in [7, 11) is 0. The van der Waals surface area contributed by atoms with Gasteiger partial charge in [-0.1, -0.05) is 48.0 Å². The second-order valence-corrected chi connectivity index (χ2v) is 5.44. The summed E-state index contributed by atoms with van der Waals surface area (Å²) in [5.74, 6) is -0.342. The van der Waals surface area contributed by atoms with Gasteiger partial charge >= 0.3 is 0 Å². The Morgan fingerprint density at radius 1 is 1.19 bits per heavy atom. The van der Waals surface area contributed by atoms with Gasteiger partial charge in [0.05, 0.1) is 0 Å². The van der Waals surface area contributed by atoms with E-state index in [1.165, 1.54) is 12.1 Å². The molecule has 0 fully saturated rings. The van der Waals surface area contributed by atoms with E-state index in [-0.39, 0.29) is 24.5 Å². The zero-order chi connectivity index (χ0) is 15.2. The number of hydrogen-bond donors (Lipinski definition) is 2. The van der Waals surface area contributed by atoms with Crippen LogP contribution in [0.2, 0.25) is 5.02 Å². The third kappa shape index (κ3) is 4.27. The lowest BCUT2D eigenvalue weighted by molar-refractivity contribution is 0.260. The molecule has 0 amide bonds. The molecular weight excluding hydrogens is 289 g/mol. The Hall–Kier alpha value is -1.42. The predicted molar refractivity (Wildman–Crippen MR) is 83.8 cm³/mol. The van der Waals surface area contributed by atoms with Crippen LogP contribution in [0.4, 0.5) is 4.39 Å². The van der Waals surface area contributed by atoms with E-state index < -0.39 is 0 Å². The van der Waals surface area contributed by atoms with Crippen LogP contribution < -0.4 is 5.32 Å². The topological polar surface area (TPSA) is 32.3 Å². The van der Waals surface area contributed by atoms with Crippen molar-refractivity contribution in [1.29, 1.82) is 0 Å². The number of nitrogens with one attached hydrogen (secondary N) is 1. The normalized spacial score (nSPS) is 13.9. The third-order valence-electron chi connectivity index (χ3n) is 3.50. The van der Waals surface area contributed by atoms with Gasteiger partial charge in [0.25, 0.3) is 0 Å². The lowest BCUT2D eigenvalue weighted by Crippen LogP contribution is -2.25. The highest BCUT2D eigenvalue weighted by molar-refractivity contribution is 6.31. The van der Waals surface area contributed by atoms with Crippen LogP contribution in [-0.2, 0) is 0 Å². The van der Waals surface area contributed by atoms with Crippen LogP contribution in [0.3, 0.4) is 0 Å². The molecule has 2 aromatic carbocycles. The second kappa shape index (κ2) is 7.55. The van der Waals surface area contributed by atoms with Crippen LogP contribution in [0.1, 0.15) is 36.6 Å². The molecule has 0 saturated carbocycles. The van der Waals surface area contributed by atoms with Crippen molar-refractivity contribution in [2.24, 2.45) is 0 Å². The van der Waals surface area contributed by atoms with Crippen LogP contribution in [0.5, 0.6) is 0 Å². The number of hydrogen-bond acceptors (Lipinski definition) is 2. The smallest absolute Gasteiger partial charge is 0.124 e. The fraction of sp³-hybridized carbons (Fsp3) is 0.294. The number of rotatable bonds is 6. The average Bonchev–Trinajstić information content (AvgIpc) is 2.47. The van der Waals surface area contributed by atoms with Crippen LogP contribution in [0.25, 0.3) is 0 Å². The first kappa shape index (κ1) is 16.0. The Balaban J connectivity index is 2.16. The molecule has 0 spiro atoms. The maximum atomic E-state index is 13.1. The van der Waals surface area contributed by atoms with E-state index in [0.29, 0.717) is 11.4 Å². The SMILES string of the molecule is CC(N[C@H](CCO)c1ccccc1)c1ccc(F)cc1Cl. The quantitative estimate of drug-likeness (QED) is 0.836. The molecule has 1 unspecified atom stereocenters. The summed E-state index contributed by atoms with van der Waals surface area (Å²) in [6.45, 7) is 2.07. The summed E-state index contributed by atoms with van der Waals surface area (Å²) in [5, 5.41) is 13.1. The number of halogens is 2. The van der Waals surface area contributed by atoms with Crippen molar-refractivity contribution in [3.05, 3.63) is 70.5 Å². The van der Waals surface area contributed by atoms with Crippen LogP contribution in [0.15, 0.2) is 48.5 Å². The molecule has 2 N–H and O–H groups in total. The van der Waals surface area contributed by atoms with E-state index in [9.17, 15) is 9.50 Å². The van der Waals surface area contributed by atoms with Crippen molar-refractivity contribution in [2.75, 3.05) is 6.61 Å². The molecule has 0 aromatic heterocycles. The van der Waals surface area contributed by atoms with E-state index in [4.69, 9.17) is 11.6 Å². The first-order valence-corrected chi connectivity index (χ1v) is 7.36. The minimum Gasteiger partial charge on any atom is -0.396 e. The average molecular weight is 308 g/mol. The van der Waals surface area contributed by atoms with Gasteiger partial charge in [-0.15, -0.1) is 0 Å². The van der Waals surface area contributed by atoms with Crippen LogP contribution >= 0.6 is 11.6 Å². The molecule has 0 aliphatic rings. The molecule has 2 rings (SSSR count). The molecule has 0 aliphatic heterocycles. The van der Waals surface area contributed by atoms with Crippen molar-refractivity contribution in [3.8, 4) is 0 Å². The van der Waals surface area contributed by atoms with Gasteiger partial charge in [-0.05, 0) is 36.6 Å². The number of aliphatic hydroxyl groups excluding tert-OH is 1. The molecule has 2 atom stereocenters. The van der Waals surface area contributed by atoms with E-state index in [1.807, 2.05) is 37.3 Å². The Morgan fingerprint density at radius 2 is 1.90 bits per heavy atom. The molecule has 112 valence electrons. The minimum atomic E-state index is -0.342. The predicted octanol–water partition coefficient (Wildman–Crippen LogP) is 4.25. The highest BCUT2D eigenvalue weighted by Gasteiger charge is 2.17. The molecule has 21 heavy (non-hydrogen) atoms. The summed E-state index contributed by atoms with van der Waals surface area (Å²) >= 11 is 6.10. The first-order chi connectivity index (χ1) is 10.1. The lowest BCUT2D eigenvalue weighted by atomic mass is 10.0. The molecular formula is C17H19ClFNO. The number of aliphatic hydroxyl groups is 1. The highest BCUT2D eigenvalue weighted by Crippen LogP contribution is 2.27. The summed E-state index contributed by atoms with van der Waals surface area (Å²) in [4.78, 5) is 0. The highest BCUT2D eigenvalue weighted by atomic mass is 35.5. The Bertz CT molecular complexity index is 576. The van der Waals surface area contributed by atoms with E-state index in [1.54, 1.807) is 6.07 Å².